The Morgan fingerprint density at radius 1 is 1.15 bits per heavy atom. The van der Waals surface area contributed by atoms with Gasteiger partial charge in [-0.2, -0.15) is 4.98 Å². The average molecular weight is 276 g/mol. The Hall–Kier alpha value is -1.82. The zero-order valence-corrected chi connectivity index (χ0v) is 11.2. The third-order valence-corrected chi connectivity index (χ3v) is 3.81. The van der Waals surface area contributed by atoms with Crippen LogP contribution in [0.1, 0.15) is 44.3 Å². The molecule has 1 saturated carbocycles. The summed E-state index contributed by atoms with van der Waals surface area (Å²) in [5.74, 6) is 0.419. The van der Waals surface area contributed by atoms with Gasteiger partial charge >= 0.3 is 0 Å². The summed E-state index contributed by atoms with van der Waals surface area (Å²) in [4.78, 5) is 8.30. The van der Waals surface area contributed by atoms with Gasteiger partial charge in [0.05, 0.1) is 11.7 Å². The summed E-state index contributed by atoms with van der Waals surface area (Å²) in [7, 11) is 0. The molecular weight excluding hydrogens is 259 g/mol. The van der Waals surface area contributed by atoms with Gasteiger partial charge in [-0.1, -0.05) is 30.8 Å². The molecule has 106 valence electrons. The van der Waals surface area contributed by atoms with Crippen LogP contribution in [-0.2, 0) is 5.54 Å². The summed E-state index contributed by atoms with van der Waals surface area (Å²) in [5, 5.41) is 4.01. The fraction of sp³-hybridized carbons (Fsp3) is 0.500. The maximum absolute atomic E-state index is 12.9. The van der Waals surface area contributed by atoms with E-state index in [9.17, 15) is 4.39 Å². The zero-order chi connectivity index (χ0) is 14.0. The first kappa shape index (κ1) is 13.2. The topological polar surface area (TPSA) is 77.8 Å². The molecule has 0 bridgehead atoms. The lowest BCUT2D eigenvalue weighted by Crippen LogP contribution is -2.37. The molecule has 2 aromatic rings. The van der Waals surface area contributed by atoms with E-state index in [0.717, 1.165) is 31.9 Å². The van der Waals surface area contributed by atoms with E-state index >= 15 is 0 Å². The fourth-order valence-corrected chi connectivity index (χ4v) is 2.62. The molecule has 6 heteroatoms. The van der Waals surface area contributed by atoms with Crippen molar-refractivity contribution in [2.24, 2.45) is 5.73 Å². The first-order valence-corrected chi connectivity index (χ1v) is 6.92. The molecule has 20 heavy (non-hydrogen) atoms. The smallest absolute Gasteiger partial charge is 0.276 e. The van der Waals surface area contributed by atoms with Crippen molar-refractivity contribution in [2.75, 3.05) is 0 Å². The van der Waals surface area contributed by atoms with Crippen molar-refractivity contribution in [2.45, 2.75) is 44.1 Å². The van der Waals surface area contributed by atoms with Crippen LogP contribution < -0.4 is 5.73 Å². The number of hydrogen-bond donors (Lipinski definition) is 1. The highest BCUT2D eigenvalue weighted by atomic mass is 19.1. The molecule has 0 aliphatic heterocycles. The number of halogens is 1. The van der Waals surface area contributed by atoms with Gasteiger partial charge < -0.3 is 10.3 Å². The minimum absolute atomic E-state index is 0.286. The van der Waals surface area contributed by atoms with E-state index in [1.165, 1.54) is 25.0 Å². The van der Waals surface area contributed by atoms with Crippen LogP contribution in [0.5, 0.6) is 0 Å². The second kappa shape index (κ2) is 5.28. The van der Waals surface area contributed by atoms with E-state index in [-0.39, 0.29) is 5.89 Å². The van der Waals surface area contributed by atoms with Crippen molar-refractivity contribution in [1.29, 1.82) is 0 Å². The summed E-state index contributed by atoms with van der Waals surface area (Å²) in [6.07, 6.45) is 7.41. The second-order valence-corrected chi connectivity index (χ2v) is 5.36. The molecule has 0 atom stereocenters. The van der Waals surface area contributed by atoms with Gasteiger partial charge in [-0.05, 0) is 25.0 Å². The highest BCUT2D eigenvalue weighted by Crippen LogP contribution is 2.32. The highest BCUT2D eigenvalue weighted by molar-refractivity contribution is 5.45. The predicted octanol–water partition coefficient (Wildman–Crippen LogP) is 2.78. The number of hydrogen-bond acceptors (Lipinski definition) is 5. The van der Waals surface area contributed by atoms with Crippen LogP contribution in [0.15, 0.2) is 22.9 Å². The van der Waals surface area contributed by atoms with Crippen molar-refractivity contribution in [3.63, 3.8) is 0 Å². The monoisotopic (exact) mass is 276 g/mol. The molecule has 2 N–H and O–H groups in total. The van der Waals surface area contributed by atoms with Crippen LogP contribution in [0, 0.1) is 5.82 Å². The van der Waals surface area contributed by atoms with E-state index < -0.39 is 11.4 Å². The van der Waals surface area contributed by atoms with Crippen LogP contribution in [-0.4, -0.2) is 15.1 Å². The summed E-state index contributed by atoms with van der Waals surface area (Å²) < 4.78 is 18.1. The van der Waals surface area contributed by atoms with Crippen LogP contribution in [0.25, 0.3) is 11.6 Å². The summed E-state index contributed by atoms with van der Waals surface area (Å²) >= 11 is 0. The molecule has 0 spiro atoms. The van der Waals surface area contributed by atoms with Crippen molar-refractivity contribution in [3.8, 4) is 11.6 Å². The van der Waals surface area contributed by atoms with E-state index in [4.69, 9.17) is 10.3 Å². The van der Waals surface area contributed by atoms with Gasteiger partial charge in [0.15, 0.2) is 5.82 Å². The minimum atomic E-state index is -0.516. The van der Waals surface area contributed by atoms with Crippen LogP contribution in [0.2, 0.25) is 0 Å². The first-order chi connectivity index (χ1) is 9.67. The molecule has 0 unspecified atom stereocenters. The highest BCUT2D eigenvalue weighted by Gasteiger charge is 2.33. The summed E-state index contributed by atoms with van der Waals surface area (Å²) in [6.45, 7) is 0. The number of pyridine rings is 1. The Morgan fingerprint density at radius 3 is 2.55 bits per heavy atom. The molecule has 2 heterocycles. The Balaban J connectivity index is 1.87. The van der Waals surface area contributed by atoms with Crippen LogP contribution >= 0.6 is 0 Å². The average Bonchev–Trinajstić information content (AvgIpc) is 2.84. The molecule has 2 aromatic heterocycles. The molecule has 1 aliphatic carbocycles. The van der Waals surface area contributed by atoms with E-state index in [2.05, 4.69) is 15.1 Å². The van der Waals surface area contributed by atoms with Gasteiger partial charge in [0.25, 0.3) is 5.89 Å². The third kappa shape index (κ3) is 2.56. The van der Waals surface area contributed by atoms with Gasteiger partial charge in [0.2, 0.25) is 0 Å². The molecule has 1 aliphatic rings. The van der Waals surface area contributed by atoms with Gasteiger partial charge in [-0.15, -0.1) is 0 Å². The molecular formula is C14H17FN4O. The molecule has 0 saturated heterocycles. The van der Waals surface area contributed by atoms with E-state index in [0.29, 0.717) is 11.5 Å². The lowest BCUT2D eigenvalue weighted by Gasteiger charge is -2.23. The molecule has 5 nitrogen and oxygen atoms in total. The first-order valence-electron chi connectivity index (χ1n) is 6.92. The van der Waals surface area contributed by atoms with Gasteiger partial charge in [0.1, 0.15) is 11.5 Å². The minimum Gasteiger partial charge on any atom is -0.332 e. The van der Waals surface area contributed by atoms with Crippen LogP contribution in [0.3, 0.4) is 0 Å². The van der Waals surface area contributed by atoms with Crippen molar-refractivity contribution in [3.05, 3.63) is 30.0 Å². The number of rotatable bonds is 2. The molecule has 0 aromatic carbocycles. The second-order valence-electron chi connectivity index (χ2n) is 5.36. The zero-order valence-electron chi connectivity index (χ0n) is 11.2. The SMILES string of the molecule is NC1(c2noc(-c3ccc(F)cn3)n2)CCCCCC1. The van der Waals surface area contributed by atoms with Crippen LogP contribution in [0.4, 0.5) is 4.39 Å². The molecule has 1 fully saturated rings. The molecule has 0 amide bonds. The standard InChI is InChI=1S/C14H17FN4O/c15-10-5-6-11(17-9-10)12-18-13(19-20-12)14(16)7-3-1-2-4-8-14/h5-6,9H,1-4,7-8,16H2. The molecule has 0 radical (unpaired) electrons. The Kier molecular flexibility index (Phi) is 3.48. The third-order valence-electron chi connectivity index (χ3n) is 3.81. The number of nitrogens with zero attached hydrogens (tertiary/aromatic N) is 3. The summed E-state index contributed by atoms with van der Waals surface area (Å²) in [5.41, 5.74) is 6.38. The summed E-state index contributed by atoms with van der Waals surface area (Å²) in [6, 6.07) is 2.83. The largest absolute Gasteiger partial charge is 0.332 e. The van der Waals surface area contributed by atoms with Crippen molar-refractivity contribution in [1.82, 2.24) is 15.1 Å². The van der Waals surface area contributed by atoms with Crippen molar-refractivity contribution < 1.29 is 8.91 Å². The van der Waals surface area contributed by atoms with Gasteiger partial charge in [-0.3, -0.25) is 0 Å². The van der Waals surface area contributed by atoms with Crippen molar-refractivity contribution >= 4 is 0 Å². The fourth-order valence-electron chi connectivity index (χ4n) is 2.62. The number of aromatic nitrogens is 3. The molecule has 3 rings (SSSR count). The normalized spacial score (nSPS) is 18.7. The lowest BCUT2D eigenvalue weighted by atomic mass is 9.91. The Bertz CT molecular complexity index is 573. The quantitative estimate of drug-likeness (QED) is 0.853. The lowest BCUT2D eigenvalue weighted by molar-refractivity contribution is 0.334. The Labute approximate surface area is 116 Å². The van der Waals surface area contributed by atoms with Gasteiger partial charge in [-0.25, -0.2) is 9.37 Å². The van der Waals surface area contributed by atoms with E-state index in [1.807, 2.05) is 0 Å². The number of nitrogens with two attached hydrogens (primary N) is 1. The van der Waals surface area contributed by atoms with Gasteiger partial charge in [0, 0.05) is 0 Å². The predicted molar refractivity (Wildman–Crippen MR) is 71.1 cm³/mol. The van der Waals surface area contributed by atoms with E-state index in [1.54, 1.807) is 0 Å². The maximum atomic E-state index is 12.9. The Morgan fingerprint density at radius 2 is 1.90 bits per heavy atom. The maximum Gasteiger partial charge on any atom is 0.276 e.